The lowest BCUT2D eigenvalue weighted by molar-refractivity contribution is 0.0952. The molecule has 116 valence electrons. The Labute approximate surface area is 131 Å². The van der Waals surface area contributed by atoms with Crippen molar-refractivity contribution in [3.05, 3.63) is 59.8 Å². The molecule has 1 unspecified atom stereocenters. The Hall–Kier alpha value is -2.36. The van der Waals surface area contributed by atoms with E-state index in [2.05, 4.69) is 29.4 Å². The summed E-state index contributed by atoms with van der Waals surface area (Å²) in [6.07, 6.45) is 2.49. The molecule has 0 aliphatic rings. The van der Waals surface area contributed by atoms with E-state index < -0.39 is 0 Å². The lowest BCUT2D eigenvalue weighted by Gasteiger charge is -2.12. The molecule has 1 atom stereocenters. The number of nitrogens with zero attached hydrogens (tertiary/aromatic N) is 1. The molecule has 0 aliphatic heterocycles. The minimum Gasteiger partial charge on any atom is -0.478 e. The molecule has 1 N–H and O–H groups in total. The van der Waals surface area contributed by atoms with Crippen molar-refractivity contribution in [2.75, 3.05) is 13.2 Å². The number of carbonyl (C=O) groups is 1. The molecule has 1 amide bonds. The molecule has 1 aromatic carbocycles. The fourth-order valence-electron chi connectivity index (χ4n) is 2.23. The Morgan fingerprint density at radius 3 is 2.77 bits per heavy atom. The number of carbonyl (C=O) groups excluding carboxylic acids is 1. The predicted molar refractivity (Wildman–Crippen MR) is 87.2 cm³/mol. The highest BCUT2D eigenvalue weighted by molar-refractivity contribution is 5.94. The van der Waals surface area contributed by atoms with Gasteiger partial charge in [-0.25, -0.2) is 4.98 Å². The van der Waals surface area contributed by atoms with Crippen LogP contribution in [0.15, 0.2) is 48.7 Å². The molecule has 1 heterocycles. The summed E-state index contributed by atoms with van der Waals surface area (Å²) in [5, 5.41) is 2.95. The highest BCUT2D eigenvalue weighted by atomic mass is 16.5. The molecular weight excluding hydrogens is 276 g/mol. The quantitative estimate of drug-likeness (QED) is 0.852. The zero-order valence-electron chi connectivity index (χ0n) is 13.1. The van der Waals surface area contributed by atoms with Crippen molar-refractivity contribution in [1.29, 1.82) is 0 Å². The van der Waals surface area contributed by atoms with Gasteiger partial charge in [-0.2, -0.15) is 0 Å². The first-order chi connectivity index (χ1) is 10.7. The van der Waals surface area contributed by atoms with E-state index in [1.54, 1.807) is 18.3 Å². The maximum absolute atomic E-state index is 12.1. The number of amides is 1. The molecule has 0 spiro atoms. The summed E-state index contributed by atoms with van der Waals surface area (Å²) in [6, 6.07) is 13.7. The average molecular weight is 298 g/mol. The minimum absolute atomic E-state index is 0.0939. The summed E-state index contributed by atoms with van der Waals surface area (Å²) < 4.78 is 5.31. The molecule has 0 saturated heterocycles. The number of ether oxygens (including phenoxy) is 1. The van der Waals surface area contributed by atoms with Crippen molar-refractivity contribution in [2.45, 2.75) is 26.2 Å². The van der Waals surface area contributed by atoms with Gasteiger partial charge in [0.1, 0.15) is 0 Å². The number of hydrogen-bond donors (Lipinski definition) is 1. The lowest BCUT2D eigenvalue weighted by atomic mass is 9.98. The smallest absolute Gasteiger partial charge is 0.251 e. The molecule has 4 nitrogen and oxygen atoms in total. The van der Waals surface area contributed by atoms with Crippen molar-refractivity contribution in [2.24, 2.45) is 0 Å². The Balaban J connectivity index is 1.84. The van der Waals surface area contributed by atoms with Gasteiger partial charge in [-0.3, -0.25) is 4.79 Å². The maximum Gasteiger partial charge on any atom is 0.251 e. The second kappa shape index (κ2) is 8.17. The summed E-state index contributed by atoms with van der Waals surface area (Å²) in [4.78, 5) is 16.2. The van der Waals surface area contributed by atoms with Gasteiger partial charge in [-0.05, 0) is 30.9 Å². The molecule has 0 radical (unpaired) electrons. The molecule has 2 rings (SSSR count). The number of hydrogen-bond acceptors (Lipinski definition) is 3. The van der Waals surface area contributed by atoms with Crippen LogP contribution in [0.25, 0.3) is 0 Å². The molecule has 0 bridgehead atoms. The zero-order valence-corrected chi connectivity index (χ0v) is 13.1. The van der Waals surface area contributed by atoms with E-state index in [1.165, 1.54) is 5.56 Å². The number of benzene rings is 1. The molecule has 0 fully saturated rings. The Kier molecular flexibility index (Phi) is 5.95. The van der Waals surface area contributed by atoms with Crippen LogP contribution in [0.5, 0.6) is 5.88 Å². The fraction of sp³-hybridized carbons (Fsp3) is 0.333. The maximum atomic E-state index is 12.1. The second-order valence-electron chi connectivity index (χ2n) is 5.17. The molecule has 2 aromatic rings. The molecule has 0 aliphatic carbocycles. The summed E-state index contributed by atoms with van der Waals surface area (Å²) in [5.41, 5.74) is 1.87. The van der Waals surface area contributed by atoms with Gasteiger partial charge in [-0.15, -0.1) is 0 Å². The van der Waals surface area contributed by atoms with Crippen molar-refractivity contribution in [3.63, 3.8) is 0 Å². The number of nitrogens with one attached hydrogen (secondary N) is 1. The van der Waals surface area contributed by atoms with Gasteiger partial charge in [0.25, 0.3) is 5.91 Å². The van der Waals surface area contributed by atoms with E-state index in [4.69, 9.17) is 4.74 Å². The molecular formula is C18H22N2O2. The van der Waals surface area contributed by atoms with Gasteiger partial charge >= 0.3 is 0 Å². The van der Waals surface area contributed by atoms with Crippen LogP contribution in [-0.4, -0.2) is 24.0 Å². The van der Waals surface area contributed by atoms with Crippen LogP contribution in [0.3, 0.4) is 0 Å². The highest BCUT2D eigenvalue weighted by Gasteiger charge is 2.09. The second-order valence-corrected chi connectivity index (χ2v) is 5.17. The van der Waals surface area contributed by atoms with Crippen molar-refractivity contribution in [1.82, 2.24) is 10.3 Å². The van der Waals surface area contributed by atoms with Crippen LogP contribution < -0.4 is 10.1 Å². The van der Waals surface area contributed by atoms with Gasteiger partial charge in [0.05, 0.1) is 6.61 Å². The third kappa shape index (κ3) is 4.58. The first-order valence-electron chi connectivity index (χ1n) is 7.62. The van der Waals surface area contributed by atoms with Crippen molar-refractivity contribution >= 4 is 5.91 Å². The van der Waals surface area contributed by atoms with Crippen LogP contribution in [0.1, 0.15) is 42.1 Å². The topological polar surface area (TPSA) is 51.2 Å². The van der Waals surface area contributed by atoms with Crippen LogP contribution in [0.2, 0.25) is 0 Å². The molecule has 1 aromatic heterocycles. The zero-order chi connectivity index (χ0) is 15.8. The van der Waals surface area contributed by atoms with E-state index in [9.17, 15) is 4.79 Å². The number of pyridine rings is 1. The Bertz CT molecular complexity index is 599. The van der Waals surface area contributed by atoms with Gasteiger partial charge in [-0.1, -0.05) is 37.3 Å². The van der Waals surface area contributed by atoms with Crippen LogP contribution in [0.4, 0.5) is 0 Å². The summed E-state index contributed by atoms with van der Waals surface area (Å²) in [7, 11) is 0. The minimum atomic E-state index is -0.0939. The number of aromatic nitrogens is 1. The third-order valence-electron chi connectivity index (χ3n) is 3.52. The van der Waals surface area contributed by atoms with Crippen molar-refractivity contribution in [3.8, 4) is 5.88 Å². The van der Waals surface area contributed by atoms with E-state index in [0.29, 0.717) is 30.5 Å². The molecule has 4 heteroatoms. The first-order valence-corrected chi connectivity index (χ1v) is 7.62. The Morgan fingerprint density at radius 2 is 2.05 bits per heavy atom. The molecule has 0 saturated carbocycles. The summed E-state index contributed by atoms with van der Waals surface area (Å²) in [6.45, 7) is 5.23. The van der Waals surface area contributed by atoms with E-state index in [0.717, 1.165) is 6.42 Å². The van der Waals surface area contributed by atoms with E-state index in [-0.39, 0.29) is 5.91 Å². The average Bonchev–Trinajstić information content (AvgIpc) is 2.56. The van der Waals surface area contributed by atoms with Gasteiger partial charge in [0.2, 0.25) is 5.88 Å². The van der Waals surface area contributed by atoms with Gasteiger partial charge in [0.15, 0.2) is 0 Å². The predicted octanol–water partition coefficient (Wildman–Crippen LogP) is 3.40. The monoisotopic (exact) mass is 298 g/mol. The highest BCUT2D eigenvalue weighted by Crippen LogP contribution is 2.17. The van der Waals surface area contributed by atoms with Crippen molar-refractivity contribution < 1.29 is 9.53 Å². The summed E-state index contributed by atoms with van der Waals surface area (Å²) in [5.74, 6) is 0.800. The van der Waals surface area contributed by atoms with Crippen LogP contribution >= 0.6 is 0 Å². The lowest BCUT2D eigenvalue weighted by Crippen LogP contribution is -2.25. The van der Waals surface area contributed by atoms with Gasteiger partial charge < -0.3 is 10.1 Å². The standard InChI is InChI=1S/C18H22N2O2/c1-3-22-17-13-16(10-12-19-17)18(21)20-11-9-14(2)15-7-5-4-6-8-15/h4-8,10,12-14H,3,9,11H2,1-2H3,(H,20,21). The normalized spacial score (nSPS) is 11.7. The number of rotatable bonds is 7. The molecule has 22 heavy (non-hydrogen) atoms. The SMILES string of the molecule is CCOc1cc(C(=O)NCCC(C)c2ccccc2)ccn1. The Morgan fingerprint density at radius 1 is 1.27 bits per heavy atom. The summed E-state index contributed by atoms with van der Waals surface area (Å²) >= 11 is 0. The largest absolute Gasteiger partial charge is 0.478 e. The fourth-order valence-corrected chi connectivity index (χ4v) is 2.23. The van der Waals surface area contributed by atoms with Crippen LogP contribution in [0, 0.1) is 0 Å². The van der Waals surface area contributed by atoms with E-state index in [1.807, 2.05) is 25.1 Å². The van der Waals surface area contributed by atoms with Gasteiger partial charge in [0, 0.05) is 24.4 Å². The first kappa shape index (κ1) is 16.0. The van der Waals surface area contributed by atoms with E-state index >= 15 is 0 Å². The third-order valence-corrected chi connectivity index (χ3v) is 3.52. The van der Waals surface area contributed by atoms with Crippen LogP contribution in [-0.2, 0) is 0 Å².